The minimum absolute atomic E-state index is 0.853. The predicted molar refractivity (Wildman–Crippen MR) is 45.2 cm³/mol. The van der Waals surface area contributed by atoms with Gasteiger partial charge in [0.25, 0.3) is 0 Å². The van der Waals surface area contributed by atoms with E-state index in [-0.39, 0.29) is 0 Å². The van der Waals surface area contributed by atoms with Crippen LogP contribution in [-0.4, -0.2) is 13.2 Å². The molecule has 60 valence electrons. The zero-order chi connectivity index (χ0) is 7.98. The molecule has 0 saturated heterocycles. The van der Waals surface area contributed by atoms with Crippen molar-refractivity contribution in [1.82, 2.24) is 0 Å². The Labute approximate surface area is 64.1 Å². The van der Waals surface area contributed by atoms with E-state index in [1.807, 2.05) is 13.8 Å². The van der Waals surface area contributed by atoms with Crippen molar-refractivity contribution in [2.45, 2.75) is 34.1 Å². The van der Waals surface area contributed by atoms with Crippen molar-refractivity contribution >= 4 is 0 Å². The van der Waals surface area contributed by atoms with Crippen LogP contribution in [0, 0.1) is 0 Å². The van der Waals surface area contributed by atoms with Gasteiger partial charge >= 0.3 is 0 Å². The minimum atomic E-state index is 0.853. The molecule has 0 atom stereocenters. The van der Waals surface area contributed by atoms with Gasteiger partial charge in [0.15, 0.2) is 0 Å². The second kappa shape index (κ2) is 5.48. The number of rotatable bonds is 0. The molecule has 0 aromatic rings. The molecule has 0 saturated carbocycles. The molecule has 0 aromatic carbocycles. The van der Waals surface area contributed by atoms with Gasteiger partial charge in [-0.15, -0.1) is 0 Å². The molecule has 1 rings (SSSR count). The lowest BCUT2D eigenvalue weighted by atomic mass is 10.1. The third kappa shape index (κ3) is 3.02. The Morgan fingerprint density at radius 1 is 1.10 bits per heavy atom. The summed E-state index contributed by atoms with van der Waals surface area (Å²) in [7, 11) is 0. The van der Waals surface area contributed by atoms with E-state index in [0.29, 0.717) is 0 Å². The molecular formula is C9H18O. The summed E-state index contributed by atoms with van der Waals surface area (Å²) in [4.78, 5) is 0. The minimum Gasteiger partial charge on any atom is -0.377 e. The fraction of sp³-hybridized carbons (Fsp3) is 0.778. The quantitative estimate of drug-likeness (QED) is 0.472. The smallest absolute Gasteiger partial charge is 0.0676 e. The van der Waals surface area contributed by atoms with E-state index >= 15 is 0 Å². The largest absolute Gasteiger partial charge is 0.377 e. The van der Waals surface area contributed by atoms with Crippen LogP contribution in [0.5, 0.6) is 0 Å². The molecule has 0 fully saturated rings. The zero-order valence-electron chi connectivity index (χ0n) is 7.53. The number of ether oxygens (including phenoxy) is 1. The van der Waals surface area contributed by atoms with Crippen molar-refractivity contribution in [3.63, 3.8) is 0 Å². The van der Waals surface area contributed by atoms with Gasteiger partial charge in [-0.05, 0) is 25.8 Å². The summed E-state index contributed by atoms with van der Waals surface area (Å²) in [5.41, 5.74) is 2.92. The Bertz CT molecular complexity index is 99.9. The van der Waals surface area contributed by atoms with Gasteiger partial charge in [-0.3, -0.25) is 0 Å². The van der Waals surface area contributed by atoms with Crippen molar-refractivity contribution < 1.29 is 4.74 Å². The van der Waals surface area contributed by atoms with Crippen LogP contribution in [0.4, 0.5) is 0 Å². The standard InChI is InChI=1S/C7H12O.C2H6/c1-6-3-4-8-5-7(6)2;1-2/h3-5H2,1-2H3;1-2H3. The monoisotopic (exact) mass is 142 g/mol. The number of hydrogen-bond donors (Lipinski definition) is 0. The maximum atomic E-state index is 5.19. The summed E-state index contributed by atoms with van der Waals surface area (Å²) in [6.45, 7) is 10.1. The van der Waals surface area contributed by atoms with Gasteiger partial charge < -0.3 is 4.74 Å². The van der Waals surface area contributed by atoms with Gasteiger partial charge in [-0.25, -0.2) is 0 Å². The third-order valence-electron chi connectivity index (χ3n) is 1.67. The highest BCUT2D eigenvalue weighted by Crippen LogP contribution is 2.12. The second-order valence-electron chi connectivity index (χ2n) is 2.36. The van der Waals surface area contributed by atoms with Gasteiger partial charge in [-0.1, -0.05) is 19.4 Å². The SMILES string of the molecule is CC.CC1=C(C)COCC1. The molecule has 1 aliphatic heterocycles. The topological polar surface area (TPSA) is 9.23 Å². The van der Waals surface area contributed by atoms with E-state index in [1.165, 1.54) is 11.1 Å². The Balaban J connectivity index is 0.000000371. The molecule has 1 nitrogen and oxygen atoms in total. The lowest BCUT2D eigenvalue weighted by molar-refractivity contribution is 0.146. The van der Waals surface area contributed by atoms with Crippen molar-refractivity contribution in [2.75, 3.05) is 13.2 Å². The van der Waals surface area contributed by atoms with E-state index in [9.17, 15) is 0 Å². The maximum Gasteiger partial charge on any atom is 0.0676 e. The molecule has 0 N–H and O–H groups in total. The molecule has 0 radical (unpaired) electrons. The Kier molecular flexibility index (Phi) is 5.32. The van der Waals surface area contributed by atoms with Crippen LogP contribution in [0.1, 0.15) is 34.1 Å². The highest BCUT2D eigenvalue weighted by molar-refractivity contribution is 5.11. The summed E-state index contributed by atoms with van der Waals surface area (Å²) >= 11 is 0. The lowest BCUT2D eigenvalue weighted by Crippen LogP contribution is -2.06. The van der Waals surface area contributed by atoms with Crippen LogP contribution in [0.15, 0.2) is 11.1 Å². The zero-order valence-corrected chi connectivity index (χ0v) is 7.53. The van der Waals surface area contributed by atoms with Crippen molar-refractivity contribution in [3.8, 4) is 0 Å². The highest BCUT2D eigenvalue weighted by atomic mass is 16.5. The van der Waals surface area contributed by atoms with E-state index < -0.39 is 0 Å². The van der Waals surface area contributed by atoms with Gasteiger partial charge in [0, 0.05) is 0 Å². The van der Waals surface area contributed by atoms with Gasteiger partial charge in [0.05, 0.1) is 13.2 Å². The summed E-state index contributed by atoms with van der Waals surface area (Å²) in [5.74, 6) is 0. The lowest BCUT2D eigenvalue weighted by Gasteiger charge is -2.13. The van der Waals surface area contributed by atoms with Crippen LogP contribution < -0.4 is 0 Å². The molecule has 0 unspecified atom stereocenters. The normalized spacial score (nSPS) is 18.0. The Morgan fingerprint density at radius 3 is 2.00 bits per heavy atom. The molecule has 1 heterocycles. The predicted octanol–water partition coefficient (Wildman–Crippen LogP) is 2.77. The van der Waals surface area contributed by atoms with Crippen LogP contribution >= 0.6 is 0 Å². The first-order valence-corrected chi connectivity index (χ1v) is 4.03. The van der Waals surface area contributed by atoms with Crippen LogP contribution in [0.3, 0.4) is 0 Å². The fourth-order valence-electron chi connectivity index (χ4n) is 0.787. The molecule has 0 bridgehead atoms. The Hall–Kier alpha value is -0.300. The highest BCUT2D eigenvalue weighted by Gasteiger charge is 2.02. The molecule has 10 heavy (non-hydrogen) atoms. The number of hydrogen-bond acceptors (Lipinski definition) is 1. The molecule has 1 heteroatoms. The fourth-order valence-corrected chi connectivity index (χ4v) is 0.787. The van der Waals surface area contributed by atoms with E-state index in [4.69, 9.17) is 4.74 Å². The van der Waals surface area contributed by atoms with E-state index in [1.54, 1.807) is 0 Å². The van der Waals surface area contributed by atoms with Crippen LogP contribution in [-0.2, 0) is 4.74 Å². The van der Waals surface area contributed by atoms with E-state index in [0.717, 1.165) is 19.6 Å². The van der Waals surface area contributed by atoms with Crippen LogP contribution in [0.2, 0.25) is 0 Å². The first-order chi connectivity index (χ1) is 4.80. The first-order valence-electron chi connectivity index (χ1n) is 4.03. The van der Waals surface area contributed by atoms with Gasteiger partial charge in [0.2, 0.25) is 0 Å². The third-order valence-corrected chi connectivity index (χ3v) is 1.67. The molecule has 0 aliphatic carbocycles. The second-order valence-corrected chi connectivity index (χ2v) is 2.36. The molecule has 0 amide bonds. The molecule has 0 spiro atoms. The summed E-state index contributed by atoms with van der Waals surface area (Å²) < 4.78 is 5.19. The average Bonchev–Trinajstić information content (AvgIpc) is 2.00. The van der Waals surface area contributed by atoms with E-state index in [2.05, 4.69) is 13.8 Å². The summed E-state index contributed by atoms with van der Waals surface area (Å²) in [5, 5.41) is 0. The van der Waals surface area contributed by atoms with Crippen molar-refractivity contribution in [1.29, 1.82) is 0 Å². The average molecular weight is 142 g/mol. The van der Waals surface area contributed by atoms with Gasteiger partial charge in [-0.2, -0.15) is 0 Å². The van der Waals surface area contributed by atoms with Crippen molar-refractivity contribution in [2.24, 2.45) is 0 Å². The molecule has 1 aliphatic rings. The summed E-state index contributed by atoms with van der Waals surface area (Å²) in [6, 6.07) is 0. The Morgan fingerprint density at radius 2 is 1.70 bits per heavy atom. The summed E-state index contributed by atoms with van der Waals surface area (Å²) in [6.07, 6.45) is 1.13. The van der Waals surface area contributed by atoms with Crippen molar-refractivity contribution in [3.05, 3.63) is 11.1 Å². The molecular weight excluding hydrogens is 124 g/mol. The maximum absolute atomic E-state index is 5.19. The van der Waals surface area contributed by atoms with Crippen LogP contribution in [0.25, 0.3) is 0 Å². The molecule has 0 aromatic heterocycles. The van der Waals surface area contributed by atoms with Gasteiger partial charge in [0.1, 0.15) is 0 Å². The first kappa shape index (κ1) is 9.70.